The van der Waals surface area contributed by atoms with Crippen LogP contribution in [0.3, 0.4) is 0 Å². The van der Waals surface area contributed by atoms with E-state index in [1.165, 1.54) is 32.1 Å². The zero-order valence-corrected chi connectivity index (χ0v) is 6.77. The highest BCUT2D eigenvalue weighted by molar-refractivity contribution is 4.90. The van der Waals surface area contributed by atoms with Crippen molar-refractivity contribution >= 4 is 0 Å². The van der Waals surface area contributed by atoms with Crippen LogP contribution >= 0.6 is 0 Å². The lowest BCUT2D eigenvalue weighted by Gasteiger charge is -2.24. The van der Waals surface area contributed by atoms with Crippen LogP contribution in [0.2, 0.25) is 0 Å². The van der Waals surface area contributed by atoms with E-state index in [-0.39, 0.29) is 0 Å². The molecule has 2 fully saturated rings. The van der Waals surface area contributed by atoms with Gasteiger partial charge in [-0.1, -0.05) is 12.8 Å². The summed E-state index contributed by atoms with van der Waals surface area (Å²) in [5.41, 5.74) is 0. The SMILES string of the molecule is CC1C[C@H]2CCCC[C@@H]2N1. The molecule has 0 aromatic heterocycles. The first-order valence-electron chi connectivity index (χ1n) is 4.62. The summed E-state index contributed by atoms with van der Waals surface area (Å²) in [7, 11) is 0. The second-order valence-electron chi connectivity index (χ2n) is 3.95. The Kier molecular flexibility index (Phi) is 1.69. The molecular formula is C9H17N. The summed E-state index contributed by atoms with van der Waals surface area (Å²) < 4.78 is 0. The first-order valence-corrected chi connectivity index (χ1v) is 4.62. The molecule has 0 aromatic carbocycles. The van der Waals surface area contributed by atoms with E-state index in [2.05, 4.69) is 12.2 Å². The Hall–Kier alpha value is -0.0400. The molecule has 2 rings (SSSR count). The minimum absolute atomic E-state index is 0.799. The Morgan fingerprint density at radius 1 is 1.20 bits per heavy atom. The molecule has 58 valence electrons. The van der Waals surface area contributed by atoms with Crippen LogP contribution < -0.4 is 5.32 Å². The Labute approximate surface area is 63.2 Å². The molecule has 1 unspecified atom stereocenters. The molecule has 1 N–H and O–H groups in total. The van der Waals surface area contributed by atoms with E-state index < -0.39 is 0 Å². The van der Waals surface area contributed by atoms with Crippen LogP contribution in [0.15, 0.2) is 0 Å². The third-order valence-corrected chi connectivity index (χ3v) is 3.06. The normalized spacial score (nSPS) is 47.1. The van der Waals surface area contributed by atoms with E-state index in [1.807, 2.05) is 0 Å². The van der Waals surface area contributed by atoms with Gasteiger partial charge < -0.3 is 5.32 Å². The molecule has 0 radical (unpaired) electrons. The number of hydrogen-bond donors (Lipinski definition) is 1. The topological polar surface area (TPSA) is 12.0 Å². The van der Waals surface area contributed by atoms with E-state index in [9.17, 15) is 0 Å². The minimum atomic E-state index is 0.799. The van der Waals surface area contributed by atoms with Crippen molar-refractivity contribution in [2.24, 2.45) is 5.92 Å². The lowest BCUT2D eigenvalue weighted by atomic mass is 9.85. The molecular weight excluding hydrogens is 122 g/mol. The molecule has 0 aromatic rings. The molecule has 1 heteroatoms. The van der Waals surface area contributed by atoms with Crippen molar-refractivity contribution in [2.45, 2.75) is 51.1 Å². The predicted octanol–water partition coefficient (Wildman–Crippen LogP) is 1.93. The Balaban J connectivity index is 1.97. The summed E-state index contributed by atoms with van der Waals surface area (Å²) in [6.07, 6.45) is 7.30. The van der Waals surface area contributed by atoms with E-state index in [0.717, 1.165) is 18.0 Å². The molecule has 2 aliphatic rings. The fraction of sp³-hybridized carbons (Fsp3) is 1.00. The molecule has 1 heterocycles. The lowest BCUT2D eigenvalue weighted by molar-refractivity contribution is 0.325. The number of nitrogens with one attached hydrogen (secondary N) is 1. The van der Waals surface area contributed by atoms with Gasteiger partial charge in [0.15, 0.2) is 0 Å². The maximum atomic E-state index is 3.66. The van der Waals surface area contributed by atoms with Crippen LogP contribution in [0.5, 0.6) is 0 Å². The van der Waals surface area contributed by atoms with Gasteiger partial charge in [-0.25, -0.2) is 0 Å². The van der Waals surface area contributed by atoms with E-state index in [4.69, 9.17) is 0 Å². The van der Waals surface area contributed by atoms with Crippen molar-refractivity contribution in [3.8, 4) is 0 Å². The average molecular weight is 139 g/mol. The molecule has 0 amide bonds. The fourth-order valence-corrected chi connectivity index (χ4v) is 2.60. The van der Waals surface area contributed by atoms with E-state index >= 15 is 0 Å². The van der Waals surface area contributed by atoms with Crippen LogP contribution in [0.25, 0.3) is 0 Å². The number of rotatable bonds is 0. The van der Waals surface area contributed by atoms with Gasteiger partial charge in [0.2, 0.25) is 0 Å². The molecule has 1 aliphatic heterocycles. The quantitative estimate of drug-likeness (QED) is 0.540. The zero-order valence-electron chi connectivity index (χ0n) is 6.77. The van der Waals surface area contributed by atoms with Crippen LogP contribution in [-0.4, -0.2) is 12.1 Å². The van der Waals surface area contributed by atoms with Crippen molar-refractivity contribution in [3.63, 3.8) is 0 Å². The summed E-state index contributed by atoms with van der Waals surface area (Å²) in [4.78, 5) is 0. The second kappa shape index (κ2) is 2.54. The first-order chi connectivity index (χ1) is 4.86. The van der Waals surface area contributed by atoms with Gasteiger partial charge in [-0.3, -0.25) is 0 Å². The molecule has 1 nitrogen and oxygen atoms in total. The van der Waals surface area contributed by atoms with Crippen molar-refractivity contribution in [1.29, 1.82) is 0 Å². The van der Waals surface area contributed by atoms with Crippen molar-refractivity contribution in [3.05, 3.63) is 0 Å². The fourth-order valence-electron chi connectivity index (χ4n) is 2.60. The van der Waals surface area contributed by atoms with Crippen LogP contribution in [0.4, 0.5) is 0 Å². The lowest BCUT2D eigenvalue weighted by Crippen LogP contribution is -2.31. The van der Waals surface area contributed by atoms with E-state index in [1.54, 1.807) is 0 Å². The van der Waals surface area contributed by atoms with Crippen LogP contribution in [-0.2, 0) is 0 Å². The van der Waals surface area contributed by atoms with Gasteiger partial charge >= 0.3 is 0 Å². The van der Waals surface area contributed by atoms with Gasteiger partial charge in [0.25, 0.3) is 0 Å². The monoisotopic (exact) mass is 139 g/mol. The molecule has 10 heavy (non-hydrogen) atoms. The predicted molar refractivity (Wildman–Crippen MR) is 43.0 cm³/mol. The van der Waals surface area contributed by atoms with Gasteiger partial charge in [-0.2, -0.15) is 0 Å². The van der Waals surface area contributed by atoms with E-state index in [0.29, 0.717) is 0 Å². The summed E-state index contributed by atoms with van der Waals surface area (Å²) in [5, 5.41) is 3.66. The third-order valence-electron chi connectivity index (χ3n) is 3.06. The van der Waals surface area contributed by atoms with Crippen LogP contribution in [0.1, 0.15) is 39.0 Å². The second-order valence-corrected chi connectivity index (χ2v) is 3.95. The summed E-state index contributed by atoms with van der Waals surface area (Å²) in [5.74, 6) is 1.03. The van der Waals surface area contributed by atoms with Gasteiger partial charge in [-0.05, 0) is 32.1 Å². The third kappa shape index (κ3) is 1.07. The van der Waals surface area contributed by atoms with Gasteiger partial charge in [0.05, 0.1) is 0 Å². The highest BCUT2D eigenvalue weighted by Crippen LogP contribution is 2.32. The standard InChI is InChI=1S/C9H17N/c1-7-6-8-4-2-3-5-9(8)10-7/h7-10H,2-6H2,1H3/t7?,8-,9+/m1/s1. The van der Waals surface area contributed by atoms with Gasteiger partial charge in [0.1, 0.15) is 0 Å². The molecule has 0 spiro atoms. The van der Waals surface area contributed by atoms with Crippen LogP contribution in [0, 0.1) is 5.92 Å². The highest BCUT2D eigenvalue weighted by atomic mass is 15.0. The molecule has 1 aliphatic carbocycles. The molecule has 1 saturated carbocycles. The maximum absolute atomic E-state index is 3.66. The van der Waals surface area contributed by atoms with Crippen molar-refractivity contribution in [1.82, 2.24) is 5.32 Å². The van der Waals surface area contributed by atoms with Gasteiger partial charge in [-0.15, -0.1) is 0 Å². The number of hydrogen-bond acceptors (Lipinski definition) is 1. The summed E-state index contributed by atoms with van der Waals surface area (Å²) >= 11 is 0. The van der Waals surface area contributed by atoms with Gasteiger partial charge in [0, 0.05) is 12.1 Å². The van der Waals surface area contributed by atoms with Crippen molar-refractivity contribution in [2.75, 3.05) is 0 Å². The molecule has 0 bridgehead atoms. The Morgan fingerprint density at radius 3 is 2.80 bits per heavy atom. The first kappa shape index (κ1) is 6.66. The maximum Gasteiger partial charge on any atom is 0.00983 e. The average Bonchev–Trinajstić information content (AvgIpc) is 2.27. The molecule has 1 saturated heterocycles. The highest BCUT2D eigenvalue weighted by Gasteiger charge is 2.32. The largest absolute Gasteiger partial charge is 0.311 e. The summed E-state index contributed by atoms with van der Waals surface area (Å²) in [6, 6.07) is 1.69. The van der Waals surface area contributed by atoms with Crippen molar-refractivity contribution < 1.29 is 0 Å². The zero-order chi connectivity index (χ0) is 6.97. The smallest absolute Gasteiger partial charge is 0.00983 e. The Morgan fingerprint density at radius 2 is 2.00 bits per heavy atom. The molecule has 3 atom stereocenters. The Bertz CT molecular complexity index is 108. The number of fused-ring (bicyclic) bond motifs is 1. The minimum Gasteiger partial charge on any atom is -0.311 e. The summed E-state index contributed by atoms with van der Waals surface area (Å²) in [6.45, 7) is 2.32.